The summed E-state index contributed by atoms with van der Waals surface area (Å²) in [5.41, 5.74) is 0. The molecule has 2 aromatic heterocycles. The highest BCUT2D eigenvalue weighted by Crippen LogP contribution is 2.36. The Morgan fingerprint density at radius 1 is 1.44 bits per heavy atom. The van der Waals surface area contributed by atoms with Gasteiger partial charge in [0.2, 0.25) is 0 Å². The van der Waals surface area contributed by atoms with Gasteiger partial charge in [-0.1, -0.05) is 6.92 Å². The van der Waals surface area contributed by atoms with Crippen LogP contribution in [0.1, 0.15) is 30.0 Å². The van der Waals surface area contributed by atoms with E-state index < -0.39 is 0 Å². The molecule has 2 heterocycles. The van der Waals surface area contributed by atoms with Gasteiger partial charge in [0.15, 0.2) is 0 Å². The molecule has 0 fully saturated rings. The first-order chi connectivity index (χ1) is 8.70. The van der Waals surface area contributed by atoms with Crippen LogP contribution in [0.25, 0.3) is 0 Å². The van der Waals surface area contributed by atoms with Crippen molar-refractivity contribution < 1.29 is 4.42 Å². The molecule has 0 saturated heterocycles. The fourth-order valence-corrected chi connectivity index (χ4v) is 3.92. The molecule has 1 atom stereocenters. The van der Waals surface area contributed by atoms with Gasteiger partial charge in [0, 0.05) is 21.8 Å². The van der Waals surface area contributed by atoms with Crippen molar-refractivity contribution in [2.75, 3.05) is 6.54 Å². The highest BCUT2D eigenvalue weighted by Gasteiger charge is 2.17. The Kier molecular flexibility index (Phi) is 5.48. The van der Waals surface area contributed by atoms with Gasteiger partial charge >= 0.3 is 0 Å². The van der Waals surface area contributed by atoms with Crippen molar-refractivity contribution in [2.24, 2.45) is 0 Å². The van der Waals surface area contributed by atoms with Gasteiger partial charge in [-0.05, 0) is 63.0 Å². The molecule has 0 spiro atoms. The van der Waals surface area contributed by atoms with Crippen LogP contribution >= 0.6 is 43.2 Å². The summed E-state index contributed by atoms with van der Waals surface area (Å²) < 4.78 is 7.70. The summed E-state index contributed by atoms with van der Waals surface area (Å²) in [4.78, 5) is 1.32. The molecule has 1 N–H and O–H groups in total. The maximum Gasteiger partial charge on any atom is 0.105 e. The van der Waals surface area contributed by atoms with E-state index in [4.69, 9.17) is 4.42 Å². The molecule has 0 radical (unpaired) electrons. The molecule has 0 aliphatic heterocycles. The summed E-state index contributed by atoms with van der Waals surface area (Å²) >= 11 is 8.85. The largest absolute Gasteiger partial charge is 0.469 e. The Labute approximate surface area is 128 Å². The first kappa shape index (κ1) is 14.3. The summed E-state index contributed by atoms with van der Waals surface area (Å²) in [7, 11) is 0. The minimum atomic E-state index is 0.309. The highest BCUT2D eigenvalue weighted by molar-refractivity contribution is 9.13. The van der Waals surface area contributed by atoms with Crippen molar-refractivity contribution >= 4 is 43.2 Å². The van der Waals surface area contributed by atoms with E-state index in [1.807, 2.05) is 12.1 Å². The fourth-order valence-electron chi connectivity index (χ4n) is 1.76. The quantitative estimate of drug-likeness (QED) is 0.735. The first-order valence-corrected chi connectivity index (χ1v) is 8.31. The van der Waals surface area contributed by atoms with Gasteiger partial charge in [0.1, 0.15) is 5.76 Å². The third kappa shape index (κ3) is 3.70. The summed E-state index contributed by atoms with van der Waals surface area (Å²) in [5, 5.41) is 3.57. The third-order valence-corrected chi connectivity index (χ3v) is 6.00. The minimum absolute atomic E-state index is 0.309. The zero-order valence-electron chi connectivity index (χ0n) is 10.1. The average Bonchev–Trinajstić information content (AvgIpc) is 2.96. The molecule has 1 unspecified atom stereocenters. The van der Waals surface area contributed by atoms with E-state index in [-0.39, 0.29) is 0 Å². The predicted molar refractivity (Wildman–Crippen MR) is 83.2 cm³/mol. The summed E-state index contributed by atoms with van der Waals surface area (Å²) in [6.07, 6.45) is 3.74. The standard InChI is InChI=1S/C13H15Br2NOS/c1-2-5-16-11(7-9-4-3-6-17-9)12-8-10(14)13(15)18-12/h3-4,6,8,11,16H,2,5,7H2,1H3. The van der Waals surface area contributed by atoms with Crippen LogP contribution in [0.3, 0.4) is 0 Å². The lowest BCUT2D eigenvalue weighted by Crippen LogP contribution is -2.23. The number of rotatable bonds is 6. The molecule has 2 rings (SSSR count). The van der Waals surface area contributed by atoms with Crippen molar-refractivity contribution in [3.8, 4) is 0 Å². The SMILES string of the molecule is CCCNC(Cc1ccco1)c1cc(Br)c(Br)s1. The van der Waals surface area contributed by atoms with Crippen LogP contribution in [0, 0.1) is 0 Å². The van der Waals surface area contributed by atoms with Crippen LogP contribution < -0.4 is 5.32 Å². The second-order valence-electron chi connectivity index (χ2n) is 4.06. The summed E-state index contributed by atoms with van der Waals surface area (Å²) in [6.45, 7) is 3.19. The minimum Gasteiger partial charge on any atom is -0.469 e. The molecule has 18 heavy (non-hydrogen) atoms. The topological polar surface area (TPSA) is 25.2 Å². The lowest BCUT2D eigenvalue weighted by atomic mass is 10.1. The van der Waals surface area contributed by atoms with E-state index in [1.165, 1.54) is 4.88 Å². The van der Waals surface area contributed by atoms with E-state index >= 15 is 0 Å². The average molecular weight is 393 g/mol. The Bertz CT molecular complexity index is 462. The molecule has 2 aromatic rings. The monoisotopic (exact) mass is 391 g/mol. The molecule has 0 aliphatic carbocycles. The number of thiophene rings is 1. The van der Waals surface area contributed by atoms with Gasteiger partial charge in [-0.2, -0.15) is 0 Å². The lowest BCUT2D eigenvalue weighted by Gasteiger charge is -2.15. The van der Waals surface area contributed by atoms with E-state index in [2.05, 4.69) is 50.2 Å². The van der Waals surface area contributed by atoms with Gasteiger partial charge < -0.3 is 9.73 Å². The molecule has 0 saturated carbocycles. The van der Waals surface area contributed by atoms with E-state index in [0.29, 0.717) is 6.04 Å². The van der Waals surface area contributed by atoms with Crippen LogP contribution in [0.5, 0.6) is 0 Å². The molecule has 98 valence electrons. The van der Waals surface area contributed by atoms with Gasteiger partial charge in [-0.15, -0.1) is 11.3 Å². The summed E-state index contributed by atoms with van der Waals surface area (Å²) in [5.74, 6) is 1.02. The molecule has 5 heteroatoms. The van der Waals surface area contributed by atoms with Crippen LogP contribution in [-0.4, -0.2) is 6.54 Å². The van der Waals surface area contributed by atoms with Crippen molar-refractivity contribution in [3.63, 3.8) is 0 Å². The van der Waals surface area contributed by atoms with Gasteiger partial charge in [-0.3, -0.25) is 0 Å². The van der Waals surface area contributed by atoms with Crippen molar-refractivity contribution in [3.05, 3.63) is 43.4 Å². The van der Waals surface area contributed by atoms with E-state index in [9.17, 15) is 0 Å². The van der Waals surface area contributed by atoms with Gasteiger partial charge in [-0.25, -0.2) is 0 Å². The Morgan fingerprint density at radius 2 is 2.28 bits per heavy atom. The summed E-state index contributed by atoms with van der Waals surface area (Å²) in [6, 6.07) is 6.44. The van der Waals surface area contributed by atoms with E-state index in [1.54, 1.807) is 17.6 Å². The molecule has 2 nitrogen and oxygen atoms in total. The Morgan fingerprint density at radius 3 is 2.83 bits per heavy atom. The number of furan rings is 1. The van der Waals surface area contributed by atoms with Crippen molar-refractivity contribution in [2.45, 2.75) is 25.8 Å². The first-order valence-electron chi connectivity index (χ1n) is 5.91. The second-order valence-corrected chi connectivity index (χ2v) is 7.32. The smallest absolute Gasteiger partial charge is 0.105 e. The maximum atomic E-state index is 5.44. The fraction of sp³-hybridized carbons (Fsp3) is 0.385. The third-order valence-electron chi connectivity index (χ3n) is 2.63. The zero-order chi connectivity index (χ0) is 13.0. The number of hydrogen-bond acceptors (Lipinski definition) is 3. The number of nitrogens with one attached hydrogen (secondary N) is 1. The van der Waals surface area contributed by atoms with Gasteiger partial charge in [0.05, 0.1) is 10.0 Å². The number of hydrogen-bond donors (Lipinski definition) is 1. The van der Waals surface area contributed by atoms with Crippen molar-refractivity contribution in [1.29, 1.82) is 0 Å². The van der Waals surface area contributed by atoms with Crippen LogP contribution in [0.15, 0.2) is 37.1 Å². The lowest BCUT2D eigenvalue weighted by molar-refractivity contribution is 0.452. The Balaban J connectivity index is 2.13. The second kappa shape index (κ2) is 6.89. The molecule has 0 aliphatic rings. The van der Waals surface area contributed by atoms with E-state index in [0.717, 1.165) is 33.4 Å². The van der Waals surface area contributed by atoms with Crippen LogP contribution in [0.4, 0.5) is 0 Å². The van der Waals surface area contributed by atoms with Gasteiger partial charge in [0.25, 0.3) is 0 Å². The number of halogens is 2. The molecular weight excluding hydrogens is 378 g/mol. The highest BCUT2D eigenvalue weighted by atomic mass is 79.9. The molecule has 0 amide bonds. The zero-order valence-corrected chi connectivity index (χ0v) is 14.1. The molecule has 0 aromatic carbocycles. The normalized spacial score (nSPS) is 12.8. The van der Waals surface area contributed by atoms with Crippen LogP contribution in [-0.2, 0) is 6.42 Å². The predicted octanol–water partition coefficient (Wildman–Crippen LogP) is 5.15. The van der Waals surface area contributed by atoms with Crippen molar-refractivity contribution in [1.82, 2.24) is 5.32 Å². The molecular formula is C13H15Br2NOS. The maximum absolute atomic E-state index is 5.44. The Hall–Kier alpha value is -0.1000. The van der Waals surface area contributed by atoms with Crippen LogP contribution in [0.2, 0.25) is 0 Å². The molecule has 0 bridgehead atoms.